The third-order valence-electron chi connectivity index (χ3n) is 2.96. The Kier molecular flexibility index (Phi) is 4.51. The predicted molar refractivity (Wildman–Crippen MR) is 73.1 cm³/mol. The van der Waals surface area contributed by atoms with Gasteiger partial charge in [-0.25, -0.2) is 8.78 Å². The average molecular weight is 282 g/mol. The molecule has 0 bridgehead atoms. The van der Waals surface area contributed by atoms with Crippen molar-refractivity contribution in [3.63, 3.8) is 0 Å². The topological polar surface area (TPSA) is 12.0 Å². The molecule has 0 aliphatic heterocycles. The van der Waals surface area contributed by atoms with E-state index >= 15 is 0 Å². The molecular weight excluding hydrogens is 268 g/mol. The van der Waals surface area contributed by atoms with E-state index in [1.807, 2.05) is 25.1 Å². The maximum atomic E-state index is 13.5. The van der Waals surface area contributed by atoms with Crippen molar-refractivity contribution in [1.82, 2.24) is 5.32 Å². The van der Waals surface area contributed by atoms with Crippen LogP contribution in [0.25, 0.3) is 0 Å². The van der Waals surface area contributed by atoms with Crippen LogP contribution in [0.5, 0.6) is 0 Å². The van der Waals surface area contributed by atoms with Crippen molar-refractivity contribution in [1.29, 1.82) is 0 Å². The van der Waals surface area contributed by atoms with Gasteiger partial charge in [-0.1, -0.05) is 29.8 Å². The second kappa shape index (κ2) is 6.13. The van der Waals surface area contributed by atoms with E-state index in [1.165, 1.54) is 12.1 Å². The van der Waals surface area contributed by atoms with Crippen LogP contribution in [-0.2, 0) is 6.54 Å². The summed E-state index contributed by atoms with van der Waals surface area (Å²) < 4.78 is 26.2. The summed E-state index contributed by atoms with van der Waals surface area (Å²) in [6.45, 7) is 2.30. The van der Waals surface area contributed by atoms with Gasteiger partial charge in [0.05, 0.1) is 0 Å². The van der Waals surface area contributed by atoms with Gasteiger partial charge in [0.15, 0.2) is 0 Å². The molecule has 0 aliphatic rings. The Bertz CT molecular complexity index is 572. The highest BCUT2D eigenvalue weighted by molar-refractivity contribution is 6.30. The lowest BCUT2D eigenvalue weighted by Crippen LogP contribution is -2.18. The summed E-state index contributed by atoms with van der Waals surface area (Å²) in [5, 5.41) is 3.85. The molecule has 0 saturated heterocycles. The van der Waals surface area contributed by atoms with Crippen LogP contribution < -0.4 is 5.32 Å². The van der Waals surface area contributed by atoms with Gasteiger partial charge >= 0.3 is 0 Å². The van der Waals surface area contributed by atoms with Crippen LogP contribution in [0.3, 0.4) is 0 Å². The minimum Gasteiger partial charge on any atom is -0.306 e. The molecule has 4 heteroatoms. The van der Waals surface area contributed by atoms with E-state index in [1.54, 1.807) is 6.07 Å². The van der Waals surface area contributed by atoms with Crippen molar-refractivity contribution < 1.29 is 8.78 Å². The zero-order valence-corrected chi connectivity index (χ0v) is 11.2. The maximum absolute atomic E-state index is 13.5. The SMILES string of the molecule is C[C@@H](NCc1ccc(F)cc1F)c1cccc(Cl)c1. The Hall–Kier alpha value is -1.45. The fourth-order valence-electron chi connectivity index (χ4n) is 1.82. The van der Waals surface area contributed by atoms with Crippen molar-refractivity contribution in [3.8, 4) is 0 Å². The fraction of sp³-hybridized carbons (Fsp3) is 0.200. The van der Waals surface area contributed by atoms with Gasteiger partial charge in [-0.15, -0.1) is 0 Å². The third kappa shape index (κ3) is 3.75. The van der Waals surface area contributed by atoms with Crippen molar-refractivity contribution in [2.75, 3.05) is 0 Å². The molecule has 2 aromatic rings. The zero-order chi connectivity index (χ0) is 13.8. The summed E-state index contributed by atoms with van der Waals surface area (Å²) in [4.78, 5) is 0. The summed E-state index contributed by atoms with van der Waals surface area (Å²) in [6.07, 6.45) is 0. The summed E-state index contributed by atoms with van der Waals surface area (Å²) in [7, 11) is 0. The Morgan fingerprint density at radius 3 is 2.63 bits per heavy atom. The molecule has 0 aromatic heterocycles. The van der Waals surface area contributed by atoms with Gasteiger partial charge in [0.25, 0.3) is 0 Å². The van der Waals surface area contributed by atoms with Gasteiger partial charge in [0.1, 0.15) is 11.6 Å². The lowest BCUT2D eigenvalue weighted by molar-refractivity contribution is 0.533. The van der Waals surface area contributed by atoms with Gasteiger partial charge in [-0.3, -0.25) is 0 Å². The van der Waals surface area contributed by atoms with E-state index in [-0.39, 0.29) is 6.04 Å². The molecule has 100 valence electrons. The summed E-state index contributed by atoms with van der Waals surface area (Å²) >= 11 is 5.92. The Morgan fingerprint density at radius 1 is 1.16 bits per heavy atom. The molecule has 0 aliphatic carbocycles. The number of halogens is 3. The largest absolute Gasteiger partial charge is 0.306 e. The molecule has 0 fully saturated rings. The predicted octanol–water partition coefficient (Wildman–Crippen LogP) is 4.47. The van der Waals surface area contributed by atoms with E-state index in [4.69, 9.17) is 11.6 Å². The molecule has 19 heavy (non-hydrogen) atoms. The molecule has 0 saturated carbocycles. The second-order valence-corrected chi connectivity index (χ2v) is 4.83. The molecule has 0 unspecified atom stereocenters. The van der Waals surface area contributed by atoms with Crippen molar-refractivity contribution >= 4 is 11.6 Å². The summed E-state index contributed by atoms with van der Waals surface area (Å²) in [5.41, 5.74) is 1.46. The lowest BCUT2D eigenvalue weighted by Gasteiger charge is -2.15. The first-order valence-electron chi connectivity index (χ1n) is 5.99. The smallest absolute Gasteiger partial charge is 0.130 e. The highest BCUT2D eigenvalue weighted by atomic mass is 35.5. The van der Waals surface area contributed by atoms with E-state index < -0.39 is 11.6 Å². The number of hydrogen-bond acceptors (Lipinski definition) is 1. The Labute approximate surface area is 116 Å². The molecule has 1 atom stereocenters. The zero-order valence-electron chi connectivity index (χ0n) is 10.5. The van der Waals surface area contributed by atoms with Crippen LogP contribution in [0.15, 0.2) is 42.5 Å². The molecular formula is C15H14ClF2N. The highest BCUT2D eigenvalue weighted by Gasteiger charge is 2.08. The van der Waals surface area contributed by atoms with Crippen molar-refractivity contribution in [2.24, 2.45) is 0 Å². The number of nitrogens with one attached hydrogen (secondary N) is 1. The van der Waals surface area contributed by atoms with Gasteiger partial charge in [0, 0.05) is 29.2 Å². The van der Waals surface area contributed by atoms with E-state index in [9.17, 15) is 8.78 Å². The van der Waals surface area contributed by atoms with E-state index in [0.717, 1.165) is 11.6 Å². The van der Waals surface area contributed by atoms with Gasteiger partial charge in [0.2, 0.25) is 0 Å². The molecule has 0 amide bonds. The second-order valence-electron chi connectivity index (χ2n) is 4.39. The molecule has 0 heterocycles. The van der Waals surface area contributed by atoms with Crippen LogP contribution in [0, 0.1) is 11.6 Å². The monoisotopic (exact) mass is 281 g/mol. The van der Waals surface area contributed by atoms with E-state index in [2.05, 4.69) is 5.32 Å². The maximum Gasteiger partial charge on any atom is 0.130 e. The molecule has 1 N–H and O–H groups in total. The molecule has 0 radical (unpaired) electrons. The quantitative estimate of drug-likeness (QED) is 0.872. The van der Waals surface area contributed by atoms with Crippen LogP contribution in [0.4, 0.5) is 8.78 Å². The molecule has 2 aromatic carbocycles. The molecule has 2 rings (SSSR count). The lowest BCUT2D eigenvalue weighted by atomic mass is 10.1. The van der Waals surface area contributed by atoms with Gasteiger partial charge < -0.3 is 5.32 Å². The van der Waals surface area contributed by atoms with E-state index in [0.29, 0.717) is 17.1 Å². The minimum atomic E-state index is -0.566. The summed E-state index contributed by atoms with van der Waals surface area (Å²) in [5.74, 6) is -1.10. The standard InChI is InChI=1S/C15H14ClF2N/c1-10(11-3-2-4-13(16)7-11)19-9-12-5-6-14(17)8-15(12)18/h2-8,10,19H,9H2,1H3/t10-/m1/s1. The number of hydrogen-bond donors (Lipinski definition) is 1. The first-order valence-corrected chi connectivity index (χ1v) is 6.37. The van der Waals surface area contributed by atoms with Crippen LogP contribution in [-0.4, -0.2) is 0 Å². The normalized spacial score (nSPS) is 12.4. The number of benzene rings is 2. The third-order valence-corrected chi connectivity index (χ3v) is 3.20. The van der Waals surface area contributed by atoms with Crippen LogP contribution in [0.2, 0.25) is 5.02 Å². The fourth-order valence-corrected chi connectivity index (χ4v) is 2.02. The van der Waals surface area contributed by atoms with Crippen molar-refractivity contribution in [2.45, 2.75) is 19.5 Å². The Balaban J connectivity index is 2.02. The van der Waals surface area contributed by atoms with Gasteiger partial charge in [-0.05, 0) is 30.7 Å². The van der Waals surface area contributed by atoms with Crippen molar-refractivity contribution in [3.05, 3.63) is 70.2 Å². The first kappa shape index (κ1) is 14.0. The minimum absolute atomic E-state index is 0.0307. The van der Waals surface area contributed by atoms with Gasteiger partial charge in [-0.2, -0.15) is 0 Å². The average Bonchev–Trinajstić information content (AvgIpc) is 2.37. The van der Waals surface area contributed by atoms with Crippen LogP contribution in [0.1, 0.15) is 24.1 Å². The molecule has 0 spiro atoms. The molecule has 1 nitrogen and oxygen atoms in total. The summed E-state index contributed by atoms with van der Waals surface area (Å²) in [6, 6.07) is 11.1. The van der Waals surface area contributed by atoms with Crippen LogP contribution >= 0.6 is 11.6 Å². The Morgan fingerprint density at radius 2 is 1.95 bits per heavy atom. The highest BCUT2D eigenvalue weighted by Crippen LogP contribution is 2.18. The number of rotatable bonds is 4. The first-order chi connectivity index (χ1) is 9.06.